The van der Waals surface area contributed by atoms with Crippen LogP contribution in [0.15, 0.2) is 12.1 Å². The van der Waals surface area contributed by atoms with Crippen molar-refractivity contribution >= 4 is 17.6 Å². The second-order valence-electron chi connectivity index (χ2n) is 6.11. The van der Waals surface area contributed by atoms with Gasteiger partial charge >= 0.3 is 6.03 Å². The standard InChI is InChI=1S/C15H17ClN2O3/c1-15-7-11(17-14(19)18(15)9-3-4-9)10-5-8(16)6-12(20-2)13(10)21-15/h5-6,9,11H,3-4,7H2,1-2H3,(H,17,19). The van der Waals surface area contributed by atoms with Crippen LogP contribution in [0.25, 0.3) is 0 Å². The van der Waals surface area contributed by atoms with Crippen LogP contribution in [0.4, 0.5) is 4.79 Å². The normalized spacial score (nSPS) is 30.3. The molecule has 1 aromatic carbocycles. The van der Waals surface area contributed by atoms with Gasteiger partial charge in [0.2, 0.25) is 0 Å². The molecule has 1 saturated carbocycles. The van der Waals surface area contributed by atoms with Gasteiger partial charge < -0.3 is 14.8 Å². The van der Waals surface area contributed by atoms with Gasteiger partial charge in [0, 0.05) is 29.1 Å². The van der Waals surface area contributed by atoms with Crippen molar-refractivity contribution < 1.29 is 14.3 Å². The molecule has 0 radical (unpaired) electrons. The number of nitrogens with one attached hydrogen (secondary N) is 1. The summed E-state index contributed by atoms with van der Waals surface area (Å²) in [5, 5.41) is 3.65. The maximum absolute atomic E-state index is 12.4. The Bertz CT molecular complexity index is 632. The third kappa shape index (κ3) is 1.87. The molecule has 6 heteroatoms. The Hall–Kier alpha value is -1.62. The van der Waals surface area contributed by atoms with Crippen LogP contribution in [-0.4, -0.2) is 29.8 Å². The molecule has 2 bridgehead atoms. The quantitative estimate of drug-likeness (QED) is 0.913. The van der Waals surface area contributed by atoms with Gasteiger partial charge in [0.15, 0.2) is 17.2 Å². The number of fused-ring (bicyclic) bond motifs is 4. The monoisotopic (exact) mass is 308 g/mol. The van der Waals surface area contributed by atoms with E-state index in [4.69, 9.17) is 21.1 Å². The second kappa shape index (κ2) is 4.19. The number of carbonyl (C=O) groups excluding carboxylic acids is 1. The summed E-state index contributed by atoms with van der Waals surface area (Å²) in [6, 6.07) is 3.73. The Balaban J connectivity index is 1.83. The summed E-state index contributed by atoms with van der Waals surface area (Å²) in [5.74, 6) is 1.30. The molecule has 1 saturated heterocycles. The molecule has 5 nitrogen and oxygen atoms in total. The molecule has 2 amide bonds. The van der Waals surface area contributed by atoms with Gasteiger partial charge in [-0.05, 0) is 25.8 Å². The smallest absolute Gasteiger partial charge is 0.321 e. The summed E-state index contributed by atoms with van der Waals surface area (Å²) in [6.45, 7) is 1.98. The number of rotatable bonds is 2. The maximum Gasteiger partial charge on any atom is 0.321 e. The summed E-state index contributed by atoms with van der Waals surface area (Å²) in [4.78, 5) is 14.3. The van der Waals surface area contributed by atoms with Crippen LogP contribution >= 0.6 is 11.6 Å². The van der Waals surface area contributed by atoms with Gasteiger partial charge in [-0.1, -0.05) is 11.6 Å². The molecule has 1 aromatic rings. The van der Waals surface area contributed by atoms with E-state index in [1.54, 1.807) is 13.2 Å². The lowest BCUT2D eigenvalue weighted by Gasteiger charge is -2.51. The Labute approximate surface area is 128 Å². The SMILES string of the molecule is COc1cc(Cl)cc2c1OC1(C)CC2NC(=O)N1C1CC1. The Morgan fingerprint density at radius 3 is 2.90 bits per heavy atom. The predicted octanol–water partition coefficient (Wildman–Crippen LogP) is 3.08. The second-order valence-corrected chi connectivity index (χ2v) is 6.55. The molecule has 112 valence electrons. The number of benzene rings is 1. The molecule has 2 fully saturated rings. The zero-order valence-corrected chi connectivity index (χ0v) is 12.7. The molecule has 2 aliphatic heterocycles. The first-order valence-electron chi connectivity index (χ1n) is 7.18. The van der Waals surface area contributed by atoms with Crippen molar-refractivity contribution in [2.75, 3.05) is 7.11 Å². The van der Waals surface area contributed by atoms with E-state index in [0.29, 0.717) is 22.9 Å². The summed E-state index contributed by atoms with van der Waals surface area (Å²) in [6.07, 6.45) is 2.80. The highest BCUT2D eigenvalue weighted by Crippen LogP contribution is 2.51. The Morgan fingerprint density at radius 2 is 2.24 bits per heavy atom. The molecule has 0 spiro atoms. The molecule has 2 atom stereocenters. The van der Waals surface area contributed by atoms with Crippen LogP contribution in [-0.2, 0) is 0 Å². The van der Waals surface area contributed by atoms with Gasteiger partial charge in [0.25, 0.3) is 0 Å². The molecule has 3 aliphatic rings. The van der Waals surface area contributed by atoms with Crippen molar-refractivity contribution in [2.45, 2.75) is 44.0 Å². The van der Waals surface area contributed by atoms with Gasteiger partial charge in [-0.25, -0.2) is 4.79 Å². The predicted molar refractivity (Wildman–Crippen MR) is 77.8 cm³/mol. The molecule has 0 aromatic heterocycles. The fourth-order valence-electron chi connectivity index (χ4n) is 3.45. The summed E-state index contributed by atoms with van der Waals surface area (Å²) in [5.41, 5.74) is 0.267. The zero-order valence-electron chi connectivity index (χ0n) is 12.0. The minimum Gasteiger partial charge on any atom is -0.493 e. The largest absolute Gasteiger partial charge is 0.493 e. The number of hydrogen-bond donors (Lipinski definition) is 1. The maximum atomic E-state index is 12.4. The van der Waals surface area contributed by atoms with Crippen molar-refractivity contribution in [3.63, 3.8) is 0 Å². The third-order valence-electron chi connectivity index (χ3n) is 4.49. The van der Waals surface area contributed by atoms with Gasteiger partial charge in [0.1, 0.15) is 0 Å². The molecular weight excluding hydrogens is 292 g/mol. The van der Waals surface area contributed by atoms with Crippen LogP contribution in [0.2, 0.25) is 5.02 Å². The lowest BCUT2D eigenvalue weighted by molar-refractivity contribution is -0.0890. The van der Waals surface area contributed by atoms with Crippen LogP contribution in [0.3, 0.4) is 0 Å². The molecule has 1 N–H and O–H groups in total. The summed E-state index contributed by atoms with van der Waals surface area (Å²) < 4.78 is 11.6. The van der Waals surface area contributed by atoms with Gasteiger partial charge in [-0.3, -0.25) is 4.90 Å². The minimum atomic E-state index is -0.623. The fourth-order valence-corrected chi connectivity index (χ4v) is 3.67. The topological polar surface area (TPSA) is 50.8 Å². The van der Waals surface area contributed by atoms with Crippen LogP contribution in [0, 0.1) is 0 Å². The number of hydrogen-bond acceptors (Lipinski definition) is 3. The first-order valence-corrected chi connectivity index (χ1v) is 7.56. The minimum absolute atomic E-state index is 0.0548. The third-order valence-corrected chi connectivity index (χ3v) is 4.70. The van der Waals surface area contributed by atoms with Crippen molar-refractivity contribution in [1.82, 2.24) is 10.2 Å². The first-order chi connectivity index (χ1) is 10.0. The summed E-state index contributed by atoms with van der Waals surface area (Å²) in [7, 11) is 1.60. The highest BCUT2D eigenvalue weighted by atomic mass is 35.5. The summed E-state index contributed by atoms with van der Waals surface area (Å²) >= 11 is 6.14. The molecule has 21 heavy (non-hydrogen) atoms. The van der Waals surface area contributed by atoms with E-state index in [1.165, 1.54) is 0 Å². The fraction of sp³-hybridized carbons (Fsp3) is 0.533. The van der Waals surface area contributed by atoms with Crippen molar-refractivity contribution in [1.29, 1.82) is 0 Å². The Morgan fingerprint density at radius 1 is 1.48 bits per heavy atom. The van der Waals surface area contributed by atoms with Crippen LogP contribution < -0.4 is 14.8 Å². The number of carbonyl (C=O) groups is 1. The number of methoxy groups -OCH3 is 1. The van der Waals surface area contributed by atoms with Gasteiger partial charge in [-0.15, -0.1) is 0 Å². The van der Waals surface area contributed by atoms with E-state index in [-0.39, 0.29) is 18.1 Å². The average Bonchev–Trinajstić information content (AvgIpc) is 3.22. The van der Waals surface area contributed by atoms with E-state index in [9.17, 15) is 4.79 Å². The highest BCUT2D eigenvalue weighted by molar-refractivity contribution is 6.30. The molecule has 2 heterocycles. The van der Waals surface area contributed by atoms with E-state index >= 15 is 0 Å². The van der Waals surface area contributed by atoms with Crippen molar-refractivity contribution in [3.05, 3.63) is 22.7 Å². The number of ether oxygens (including phenoxy) is 2. The van der Waals surface area contributed by atoms with Gasteiger partial charge in [-0.2, -0.15) is 0 Å². The number of nitrogens with zero attached hydrogens (tertiary/aromatic N) is 1. The lowest BCUT2D eigenvalue weighted by atomic mass is 9.90. The Kier molecular flexibility index (Phi) is 2.61. The lowest BCUT2D eigenvalue weighted by Crippen LogP contribution is -2.65. The van der Waals surface area contributed by atoms with E-state index in [0.717, 1.165) is 18.4 Å². The van der Waals surface area contributed by atoms with Crippen LogP contribution in [0.5, 0.6) is 11.5 Å². The van der Waals surface area contributed by atoms with Crippen molar-refractivity contribution in [2.24, 2.45) is 0 Å². The van der Waals surface area contributed by atoms with Gasteiger partial charge in [0.05, 0.1) is 13.2 Å². The molecule has 4 rings (SSSR count). The number of amides is 2. The van der Waals surface area contributed by atoms with E-state index in [1.807, 2.05) is 17.9 Å². The average molecular weight is 309 g/mol. The van der Waals surface area contributed by atoms with Crippen molar-refractivity contribution in [3.8, 4) is 11.5 Å². The molecule has 1 aliphatic carbocycles. The van der Waals surface area contributed by atoms with E-state index < -0.39 is 5.72 Å². The number of urea groups is 1. The van der Waals surface area contributed by atoms with Crippen LogP contribution in [0.1, 0.15) is 37.8 Å². The molecular formula is C15H17ClN2O3. The molecule has 2 unspecified atom stereocenters. The number of halogens is 1. The zero-order chi connectivity index (χ0) is 14.8. The van der Waals surface area contributed by atoms with E-state index in [2.05, 4.69) is 5.32 Å². The highest BCUT2D eigenvalue weighted by Gasteiger charge is 2.54. The first kappa shape index (κ1) is 13.1.